The van der Waals surface area contributed by atoms with E-state index >= 15 is 0 Å². The van der Waals surface area contributed by atoms with Gasteiger partial charge in [-0.05, 0) is 41.5 Å². The molecule has 1 saturated heterocycles. The molecular formula is C23H24ClFN10O. The molecule has 0 saturated carbocycles. The molecule has 5 rings (SSSR count). The number of nitrogen functional groups attached to an aromatic ring is 1. The van der Waals surface area contributed by atoms with Crippen molar-refractivity contribution in [3.63, 3.8) is 0 Å². The number of rotatable bonds is 4. The van der Waals surface area contributed by atoms with Crippen LogP contribution in [0.4, 0.5) is 15.0 Å². The van der Waals surface area contributed by atoms with E-state index in [-0.39, 0.29) is 34.4 Å². The number of hydrogen-bond donors (Lipinski definition) is 1. The van der Waals surface area contributed by atoms with Gasteiger partial charge in [-0.1, -0.05) is 17.7 Å². The topological polar surface area (TPSA) is 124 Å². The van der Waals surface area contributed by atoms with Gasteiger partial charge in [-0.15, -0.1) is 5.10 Å². The molecule has 0 radical (unpaired) electrons. The third-order valence-electron chi connectivity index (χ3n) is 6.21. The molecule has 186 valence electrons. The Morgan fingerprint density at radius 2 is 1.97 bits per heavy atom. The molecule has 36 heavy (non-hydrogen) atoms. The number of nitrogens with two attached hydrogens (primary N) is 1. The Kier molecular flexibility index (Phi) is 6.27. The standard InChI is InChI=1S/C23H24ClFN10O/c1-32(2)23(36)33-8-6-16(7-9-33)34-13-15(12-28-34)14-10-17(21(26)27-11-14)22-29-30-31-35(22)19-5-3-4-18(24)20(19)25/h3-5,10-13,16H,6-9H2,1-2H3,(H2,26,27). The minimum atomic E-state index is -0.644. The van der Waals surface area contributed by atoms with Crippen LogP contribution in [0.2, 0.25) is 5.02 Å². The summed E-state index contributed by atoms with van der Waals surface area (Å²) in [7, 11) is 3.51. The highest BCUT2D eigenvalue weighted by atomic mass is 35.5. The van der Waals surface area contributed by atoms with Crippen LogP contribution in [0.5, 0.6) is 0 Å². The maximum absolute atomic E-state index is 14.7. The molecule has 0 aliphatic carbocycles. The van der Waals surface area contributed by atoms with Crippen molar-refractivity contribution in [3.8, 4) is 28.2 Å². The normalized spacial score (nSPS) is 14.3. The number of hydrogen-bond acceptors (Lipinski definition) is 7. The second-order valence-electron chi connectivity index (χ2n) is 8.75. The molecule has 0 unspecified atom stereocenters. The average molecular weight is 511 g/mol. The van der Waals surface area contributed by atoms with Crippen molar-refractivity contribution >= 4 is 23.4 Å². The lowest BCUT2D eigenvalue weighted by atomic mass is 10.1. The van der Waals surface area contributed by atoms with Gasteiger partial charge in [-0.25, -0.2) is 14.2 Å². The largest absolute Gasteiger partial charge is 0.383 e. The van der Waals surface area contributed by atoms with Crippen LogP contribution < -0.4 is 5.73 Å². The maximum atomic E-state index is 14.7. The fraction of sp³-hybridized carbons (Fsp3) is 0.304. The number of halogens is 2. The molecule has 0 bridgehead atoms. The third kappa shape index (κ3) is 4.35. The second-order valence-corrected chi connectivity index (χ2v) is 9.16. The quantitative estimate of drug-likeness (QED) is 0.446. The van der Waals surface area contributed by atoms with Gasteiger partial charge in [0.25, 0.3) is 0 Å². The predicted octanol–water partition coefficient (Wildman–Crippen LogP) is 3.28. The van der Waals surface area contributed by atoms with Gasteiger partial charge >= 0.3 is 6.03 Å². The number of carbonyl (C=O) groups excluding carboxylic acids is 1. The highest BCUT2D eigenvalue weighted by Gasteiger charge is 2.25. The van der Waals surface area contributed by atoms with Gasteiger partial charge in [0.1, 0.15) is 11.5 Å². The van der Waals surface area contributed by atoms with Gasteiger partial charge in [0, 0.05) is 50.7 Å². The first-order valence-electron chi connectivity index (χ1n) is 11.3. The Labute approximate surface area is 211 Å². The number of aromatic nitrogens is 7. The lowest BCUT2D eigenvalue weighted by Gasteiger charge is -2.33. The molecule has 1 aromatic carbocycles. The molecule has 3 aromatic heterocycles. The summed E-state index contributed by atoms with van der Waals surface area (Å²) in [5, 5.41) is 16.2. The minimum Gasteiger partial charge on any atom is -0.383 e. The van der Waals surface area contributed by atoms with Crippen LogP contribution in [0.15, 0.2) is 42.9 Å². The van der Waals surface area contributed by atoms with Crippen LogP contribution in [0.1, 0.15) is 18.9 Å². The van der Waals surface area contributed by atoms with E-state index in [1.807, 2.05) is 15.8 Å². The Morgan fingerprint density at radius 3 is 2.72 bits per heavy atom. The number of carbonyl (C=O) groups is 1. The van der Waals surface area contributed by atoms with Crippen molar-refractivity contribution in [2.75, 3.05) is 32.9 Å². The lowest BCUT2D eigenvalue weighted by Crippen LogP contribution is -2.44. The van der Waals surface area contributed by atoms with E-state index in [9.17, 15) is 9.18 Å². The molecule has 1 fully saturated rings. The first-order valence-corrected chi connectivity index (χ1v) is 11.7. The molecular weight excluding hydrogens is 487 g/mol. The molecule has 4 aromatic rings. The highest BCUT2D eigenvalue weighted by Crippen LogP contribution is 2.31. The van der Waals surface area contributed by atoms with Crippen molar-refractivity contribution in [3.05, 3.63) is 53.7 Å². The Balaban J connectivity index is 1.41. The Hall–Kier alpha value is -4.06. The van der Waals surface area contributed by atoms with E-state index in [1.54, 1.807) is 43.5 Å². The van der Waals surface area contributed by atoms with Crippen LogP contribution in [0.3, 0.4) is 0 Å². The van der Waals surface area contributed by atoms with E-state index < -0.39 is 5.82 Å². The number of urea groups is 1. The summed E-state index contributed by atoms with van der Waals surface area (Å²) in [5.74, 6) is -0.217. The van der Waals surface area contributed by atoms with Crippen molar-refractivity contribution in [2.45, 2.75) is 18.9 Å². The molecule has 1 aliphatic rings. The number of likely N-dealkylation sites (tertiary alicyclic amines) is 1. The molecule has 1 aliphatic heterocycles. The van der Waals surface area contributed by atoms with Gasteiger partial charge in [0.15, 0.2) is 11.6 Å². The number of tetrazole rings is 1. The summed E-state index contributed by atoms with van der Waals surface area (Å²) in [6.07, 6.45) is 6.98. The summed E-state index contributed by atoms with van der Waals surface area (Å²) >= 11 is 5.94. The van der Waals surface area contributed by atoms with Crippen molar-refractivity contribution in [1.29, 1.82) is 0 Å². The highest BCUT2D eigenvalue weighted by molar-refractivity contribution is 6.30. The first kappa shape index (κ1) is 23.7. The van der Waals surface area contributed by atoms with Gasteiger partial charge < -0.3 is 15.5 Å². The molecule has 0 spiro atoms. The van der Waals surface area contributed by atoms with Gasteiger partial charge in [0.05, 0.1) is 22.8 Å². The number of anilines is 1. The van der Waals surface area contributed by atoms with Crippen LogP contribution in [0, 0.1) is 5.82 Å². The van der Waals surface area contributed by atoms with E-state index in [4.69, 9.17) is 17.3 Å². The monoisotopic (exact) mass is 510 g/mol. The summed E-state index contributed by atoms with van der Waals surface area (Å²) in [6, 6.07) is 6.59. The number of piperidine rings is 1. The van der Waals surface area contributed by atoms with Crippen LogP contribution in [-0.2, 0) is 0 Å². The van der Waals surface area contributed by atoms with Gasteiger partial charge in [-0.3, -0.25) is 4.68 Å². The van der Waals surface area contributed by atoms with Gasteiger partial charge in [0.2, 0.25) is 0 Å². The smallest absolute Gasteiger partial charge is 0.319 e. The molecule has 2 amide bonds. The van der Waals surface area contributed by atoms with Crippen molar-refractivity contribution in [1.82, 2.24) is 44.8 Å². The number of nitrogens with zero attached hydrogens (tertiary/aromatic N) is 9. The minimum absolute atomic E-state index is 0.0232. The zero-order valence-electron chi connectivity index (χ0n) is 19.7. The van der Waals surface area contributed by atoms with Crippen LogP contribution in [-0.4, -0.2) is 78.0 Å². The van der Waals surface area contributed by atoms with Crippen LogP contribution >= 0.6 is 11.6 Å². The average Bonchev–Trinajstić information content (AvgIpc) is 3.56. The predicted molar refractivity (Wildman–Crippen MR) is 132 cm³/mol. The summed E-state index contributed by atoms with van der Waals surface area (Å²) in [5.41, 5.74) is 8.29. The van der Waals surface area contributed by atoms with E-state index in [0.29, 0.717) is 18.7 Å². The maximum Gasteiger partial charge on any atom is 0.319 e. The number of benzene rings is 1. The third-order valence-corrected chi connectivity index (χ3v) is 6.51. The Bertz CT molecular complexity index is 1410. The summed E-state index contributed by atoms with van der Waals surface area (Å²) in [4.78, 5) is 20.0. The zero-order valence-corrected chi connectivity index (χ0v) is 20.5. The Morgan fingerprint density at radius 1 is 1.19 bits per heavy atom. The number of pyridine rings is 1. The van der Waals surface area contributed by atoms with E-state index in [2.05, 4.69) is 25.6 Å². The number of amides is 2. The second kappa shape index (κ2) is 9.53. The first-order chi connectivity index (χ1) is 17.3. The molecule has 11 nitrogen and oxygen atoms in total. The SMILES string of the molecule is CN(C)C(=O)N1CCC(n2cc(-c3cnc(N)c(-c4nnnn4-c4cccc(Cl)c4F)c3)cn2)CC1. The van der Waals surface area contributed by atoms with Crippen molar-refractivity contribution in [2.24, 2.45) is 0 Å². The summed E-state index contributed by atoms with van der Waals surface area (Å²) < 4.78 is 17.8. The summed E-state index contributed by atoms with van der Waals surface area (Å²) in [6.45, 7) is 1.35. The van der Waals surface area contributed by atoms with Crippen molar-refractivity contribution < 1.29 is 9.18 Å². The molecule has 2 N–H and O–H groups in total. The van der Waals surface area contributed by atoms with E-state index in [1.165, 1.54) is 16.8 Å². The molecule has 4 heterocycles. The molecule has 0 atom stereocenters. The fourth-order valence-corrected chi connectivity index (χ4v) is 4.45. The fourth-order valence-electron chi connectivity index (χ4n) is 4.28. The van der Waals surface area contributed by atoms with Crippen LogP contribution in [0.25, 0.3) is 28.2 Å². The van der Waals surface area contributed by atoms with E-state index in [0.717, 1.165) is 24.0 Å². The lowest BCUT2D eigenvalue weighted by molar-refractivity contribution is 0.146. The molecule has 13 heteroatoms. The zero-order chi connectivity index (χ0) is 25.4. The van der Waals surface area contributed by atoms with Gasteiger partial charge in [-0.2, -0.15) is 9.78 Å².